The van der Waals surface area contributed by atoms with E-state index in [9.17, 15) is 9.59 Å². The molecule has 0 aliphatic carbocycles. The lowest BCUT2D eigenvalue weighted by molar-refractivity contribution is -0.136. The predicted molar refractivity (Wildman–Crippen MR) is 109 cm³/mol. The first-order valence-corrected chi connectivity index (χ1v) is 9.16. The second-order valence-corrected chi connectivity index (χ2v) is 6.79. The number of rotatable bonds is 7. The van der Waals surface area contributed by atoms with Gasteiger partial charge in [0.2, 0.25) is 5.78 Å². The third kappa shape index (κ3) is 5.55. The molecule has 0 saturated heterocycles. The van der Waals surface area contributed by atoms with Crippen LogP contribution < -0.4 is 0 Å². The van der Waals surface area contributed by atoms with E-state index in [-0.39, 0.29) is 10.6 Å². The van der Waals surface area contributed by atoms with Gasteiger partial charge in [-0.15, -0.1) is 0 Å². The molecule has 28 heavy (non-hydrogen) atoms. The molecule has 0 amide bonds. The molecule has 2 aromatic carbocycles. The first-order chi connectivity index (χ1) is 13.5. The van der Waals surface area contributed by atoms with Crippen molar-refractivity contribution in [2.45, 2.75) is 6.54 Å². The van der Waals surface area contributed by atoms with Crippen molar-refractivity contribution in [1.82, 2.24) is 9.78 Å². The summed E-state index contributed by atoms with van der Waals surface area (Å²) in [6.45, 7) is 0.229. The average Bonchev–Trinajstić information content (AvgIpc) is 3.12. The van der Waals surface area contributed by atoms with Crippen molar-refractivity contribution in [2.24, 2.45) is 0 Å². The number of benzene rings is 2. The molecule has 1 aromatic heterocycles. The van der Waals surface area contributed by atoms with Crippen LogP contribution in [0.4, 0.5) is 0 Å². The van der Waals surface area contributed by atoms with Gasteiger partial charge < -0.3 is 4.74 Å². The van der Waals surface area contributed by atoms with E-state index in [4.69, 9.17) is 27.9 Å². The Kier molecular flexibility index (Phi) is 6.63. The molecule has 0 spiro atoms. The fourth-order valence-corrected chi connectivity index (χ4v) is 2.98. The summed E-state index contributed by atoms with van der Waals surface area (Å²) in [5.41, 5.74) is 2.13. The van der Waals surface area contributed by atoms with Crippen molar-refractivity contribution < 1.29 is 14.3 Å². The van der Waals surface area contributed by atoms with Gasteiger partial charge in [-0.05, 0) is 29.8 Å². The summed E-state index contributed by atoms with van der Waals surface area (Å²) >= 11 is 11.8. The molecule has 0 saturated carbocycles. The van der Waals surface area contributed by atoms with E-state index in [2.05, 4.69) is 5.10 Å². The lowest BCUT2D eigenvalue weighted by Crippen LogP contribution is -2.13. The fraction of sp³-hybridized carbons (Fsp3) is 0.0952. The molecule has 0 unspecified atom stereocenters. The number of carbonyl (C=O) groups excluding carboxylic acids is 2. The molecular formula is C21H16Cl2N2O3. The highest BCUT2D eigenvalue weighted by Gasteiger charge is 2.12. The fourth-order valence-electron chi connectivity index (χ4n) is 2.46. The molecule has 0 aliphatic rings. The lowest BCUT2D eigenvalue weighted by Gasteiger charge is -2.04. The van der Waals surface area contributed by atoms with E-state index in [1.54, 1.807) is 23.0 Å². The number of nitrogens with zero attached hydrogens (tertiary/aromatic N) is 2. The summed E-state index contributed by atoms with van der Waals surface area (Å²) in [5.74, 6) is -1.03. The van der Waals surface area contributed by atoms with Gasteiger partial charge in [-0.1, -0.05) is 53.5 Å². The van der Waals surface area contributed by atoms with Crippen LogP contribution in [0.5, 0.6) is 0 Å². The van der Waals surface area contributed by atoms with Crippen LogP contribution in [-0.2, 0) is 16.1 Å². The smallest absolute Gasteiger partial charge is 0.331 e. The van der Waals surface area contributed by atoms with Crippen LogP contribution in [0.3, 0.4) is 0 Å². The van der Waals surface area contributed by atoms with Crippen LogP contribution in [0, 0.1) is 0 Å². The molecule has 5 nitrogen and oxygen atoms in total. The average molecular weight is 415 g/mol. The Balaban J connectivity index is 1.52. The number of esters is 1. The van der Waals surface area contributed by atoms with Crippen LogP contribution in [-0.4, -0.2) is 28.1 Å². The molecule has 3 aromatic rings. The summed E-state index contributed by atoms with van der Waals surface area (Å²) < 4.78 is 6.74. The number of Topliss-reactive ketones (excluding diaryl/α,β-unsaturated/α-hetero) is 1. The van der Waals surface area contributed by atoms with E-state index in [0.717, 1.165) is 11.1 Å². The van der Waals surface area contributed by atoms with Crippen LogP contribution in [0.1, 0.15) is 21.5 Å². The summed E-state index contributed by atoms with van der Waals surface area (Å²) in [5, 5.41) is 4.90. The topological polar surface area (TPSA) is 61.2 Å². The van der Waals surface area contributed by atoms with E-state index in [1.807, 2.05) is 36.5 Å². The Morgan fingerprint density at radius 2 is 1.89 bits per heavy atom. The molecule has 142 valence electrons. The number of carbonyl (C=O) groups is 2. The first-order valence-electron chi connectivity index (χ1n) is 8.41. The highest BCUT2D eigenvalue weighted by molar-refractivity contribution is 6.36. The van der Waals surface area contributed by atoms with Crippen molar-refractivity contribution in [3.8, 4) is 0 Å². The van der Waals surface area contributed by atoms with Crippen LogP contribution >= 0.6 is 23.2 Å². The third-order valence-electron chi connectivity index (χ3n) is 3.83. The Morgan fingerprint density at radius 3 is 2.64 bits per heavy atom. The monoisotopic (exact) mass is 414 g/mol. The van der Waals surface area contributed by atoms with E-state index in [0.29, 0.717) is 11.6 Å². The zero-order valence-electron chi connectivity index (χ0n) is 14.7. The van der Waals surface area contributed by atoms with Gasteiger partial charge in [0.1, 0.15) is 0 Å². The number of halogens is 2. The second-order valence-electron chi connectivity index (χ2n) is 5.95. The van der Waals surface area contributed by atoms with E-state index in [1.165, 1.54) is 18.2 Å². The number of ketones is 1. The molecule has 0 atom stereocenters. The van der Waals surface area contributed by atoms with Crippen molar-refractivity contribution >= 4 is 41.0 Å². The molecule has 3 rings (SSSR count). The lowest BCUT2D eigenvalue weighted by atomic mass is 10.1. The zero-order chi connectivity index (χ0) is 19.9. The van der Waals surface area contributed by atoms with Gasteiger partial charge in [0, 0.05) is 28.4 Å². The zero-order valence-corrected chi connectivity index (χ0v) is 16.2. The summed E-state index contributed by atoms with van der Waals surface area (Å²) in [6, 6.07) is 14.4. The maximum atomic E-state index is 12.1. The van der Waals surface area contributed by atoms with Gasteiger partial charge in [0.05, 0.1) is 17.8 Å². The highest BCUT2D eigenvalue weighted by atomic mass is 35.5. The minimum Gasteiger partial charge on any atom is -0.454 e. The largest absolute Gasteiger partial charge is 0.454 e. The molecule has 0 aliphatic heterocycles. The second kappa shape index (κ2) is 9.35. The molecule has 0 bridgehead atoms. The molecule has 0 N–H and O–H groups in total. The Bertz CT molecular complexity index is 1010. The van der Waals surface area contributed by atoms with Crippen molar-refractivity contribution in [3.63, 3.8) is 0 Å². The van der Waals surface area contributed by atoms with Crippen LogP contribution in [0.25, 0.3) is 6.08 Å². The molecule has 7 heteroatoms. The molecule has 1 heterocycles. The standard InChI is InChI=1S/C21H16Cl2N2O3/c22-17-7-8-18(19(23)10-17)20(26)14-28-21(27)9-6-16-11-24-25(13-16)12-15-4-2-1-3-5-15/h1-11,13H,12,14H2/b9-6+. The number of hydrogen-bond acceptors (Lipinski definition) is 4. The van der Waals surface area contributed by atoms with E-state index < -0.39 is 18.4 Å². The Labute approximate surface area is 172 Å². The number of ether oxygens (including phenoxy) is 1. The number of hydrogen-bond donors (Lipinski definition) is 0. The maximum Gasteiger partial charge on any atom is 0.331 e. The SMILES string of the molecule is O=C(/C=C/c1cnn(Cc2ccccc2)c1)OCC(=O)c1ccc(Cl)cc1Cl. The van der Waals surface area contributed by atoms with Crippen molar-refractivity contribution in [2.75, 3.05) is 6.61 Å². The Hall–Kier alpha value is -2.89. The number of aromatic nitrogens is 2. The highest BCUT2D eigenvalue weighted by Crippen LogP contribution is 2.21. The van der Waals surface area contributed by atoms with Gasteiger partial charge >= 0.3 is 5.97 Å². The van der Waals surface area contributed by atoms with Crippen LogP contribution in [0.2, 0.25) is 10.0 Å². The van der Waals surface area contributed by atoms with Crippen LogP contribution in [0.15, 0.2) is 67.0 Å². The minimum absolute atomic E-state index is 0.218. The molecular weight excluding hydrogens is 399 g/mol. The summed E-state index contributed by atoms with van der Waals surface area (Å²) in [6.07, 6.45) is 6.29. The van der Waals surface area contributed by atoms with Gasteiger partial charge in [-0.25, -0.2) is 4.79 Å². The Morgan fingerprint density at radius 1 is 1.11 bits per heavy atom. The van der Waals surface area contributed by atoms with Gasteiger partial charge in [-0.2, -0.15) is 5.10 Å². The first kappa shape index (κ1) is 19.9. The minimum atomic E-state index is -0.630. The third-order valence-corrected chi connectivity index (χ3v) is 4.38. The normalized spacial score (nSPS) is 10.9. The van der Waals surface area contributed by atoms with E-state index >= 15 is 0 Å². The predicted octanol–water partition coefficient (Wildman–Crippen LogP) is 4.68. The summed E-state index contributed by atoms with van der Waals surface area (Å²) in [4.78, 5) is 23.9. The van der Waals surface area contributed by atoms with Crippen molar-refractivity contribution in [1.29, 1.82) is 0 Å². The molecule has 0 fully saturated rings. The van der Waals surface area contributed by atoms with Gasteiger partial charge in [0.15, 0.2) is 6.61 Å². The van der Waals surface area contributed by atoms with Gasteiger partial charge in [0.25, 0.3) is 0 Å². The molecule has 0 radical (unpaired) electrons. The maximum absolute atomic E-state index is 12.1. The quantitative estimate of drug-likeness (QED) is 0.320. The summed E-state index contributed by atoms with van der Waals surface area (Å²) in [7, 11) is 0. The van der Waals surface area contributed by atoms with Gasteiger partial charge in [-0.3, -0.25) is 9.48 Å². The van der Waals surface area contributed by atoms with Crippen molar-refractivity contribution in [3.05, 3.63) is 93.7 Å².